The van der Waals surface area contributed by atoms with Crippen LogP contribution in [0.2, 0.25) is 0 Å². The van der Waals surface area contributed by atoms with Gasteiger partial charge in [0.05, 0.1) is 4.92 Å². The van der Waals surface area contributed by atoms with Gasteiger partial charge >= 0.3 is 0 Å². The maximum Gasteiger partial charge on any atom is 0.269 e. The molecule has 25 heavy (non-hydrogen) atoms. The van der Waals surface area contributed by atoms with E-state index in [9.17, 15) is 14.9 Å². The van der Waals surface area contributed by atoms with Crippen LogP contribution in [0.1, 0.15) is 5.56 Å². The maximum absolute atomic E-state index is 12.2. The minimum Gasteiger partial charge on any atom is -0.484 e. The van der Waals surface area contributed by atoms with Crippen LogP contribution in [-0.4, -0.2) is 36.2 Å². The van der Waals surface area contributed by atoms with Crippen LogP contribution in [-0.2, 0) is 11.3 Å². The van der Waals surface area contributed by atoms with Gasteiger partial charge in [0.25, 0.3) is 11.6 Å². The Labute approximate surface area is 143 Å². The Morgan fingerprint density at radius 1 is 1.20 bits per heavy atom. The monoisotopic (exact) mass is 344 g/mol. The van der Waals surface area contributed by atoms with Gasteiger partial charge < -0.3 is 19.1 Å². The van der Waals surface area contributed by atoms with Gasteiger partial charge in [-0.1, -0.05) is 6.07 Å². The van der Waals surface area contributed by atoms with Gasteiger partial charge in [0, 0.05) is 25.7 Å². The SMILES string of the molecule is CN(Cc1ccc2c(c1)OCO2)C(=O)COc1ccc([N+](=O)[O-])cc1. The molecular formula is C17H16N2O6. The smallest absolute Gasteiger partial charge is 0.269 e. The van der Waals surface area contributed by atoms with Crippen molar-refractivity contribution in [3.05, 3.63) is 58.1 Å². The van der Waals surface area contributed by atoms with Crippen molar-refractivity contribution in [3.63, 3.8) is 0 Å². The maximum atomic E-state index is 12.2. The average Bonchev–Trinajstić information content (AvgIpc) is 3.07. The predicted molar refractivity (Wildman–Crippen MR) is 87.6 cm³/mol. The molecule has 0 saturated carbocycles. The lowest BCUT2D eigenvalue weighted by Gasteiger charge is -2.17. The number of benzene rings is 2. The van der Waals surface area contributed by atoms with Crippen LogP contribution in [0.25, 0.3) is 0 Å². The van der Waals surface area contributed by atoms with Crippen molar-refractivity contribution in [1.82, 2.24) is 4.90 Å². The second-order valence-corrected chi connectivity index (χ2v) is 5.48. The molecule has 3 rings (SSSR count). The number of non-ortho nitro benzene ring substituents is 1. The third-order valence-electron chi connectivity index (χ3n) is 3.69. The fraction of sp³-hybridized carbons (Fsp3) is 0.235. The van der Waals surface area contributed by atoms with Gasteiger partial charge in [-0.05, 0) is 29.8 Å². The minimum atomic E-state index is -0.492. The first-order chi connectivity index (χ1) is 12.0. The molecule has 130 valence electrons. The summed E-state index contributed by atoms with van der Waals surface area (Å²) in [7, 11) is 1.67. The van der Waals surface area contributed by atoms with Crippen LogP contribution in [0.4, 0.5) is 5.69 Å². The Hall–Kier alpha value is -3.29. The number of hydrogen-bond donors (Lipinski definition) is 0. The van der Waals surface area contributed by atoms with Crippen LogP contribution in [0, 0.1) is 10.1 Å². The number of amides is 1. The van der Waals surface area contributed by atoms with E-state index in [0.717, 1.165) is 5.56 Å². The molecule has 0 radical (unpaired) electrons. The van der Waals surface area contributed by atoms with Crippen LogP contribution >= 0.6 is 0 Å². The lowest BCUT2D eigenvalue weighted by Crippen LogP contribution is -2.30. The highest BCUT2D eigenvalue weighted by molar-refractivity contribution is 5.77. The predicted octanol–water partition coefficient (Wildman–Crippen LogP) is 2.36. The second kappa shape index (κ2) is 7.08. The van der Waals surface area contributed by atoms with Gasteiger partial charge in [0.1, 0.15) is 5.75 Å². The molecule has 0 spiro atoms. The van der Waals surface area contributed by atoms with Crippen molar-refractivity contribution >= 4 is 11.6 Å². The molecule has 8 nitrogen and oxygen atoms in total. The largest absolute Gasteiger partial charge is 0.484 e. The van der Waals surface area contributed by atoms with Crippen molar-refractivity contribution in [2.24, 2.45) is 0 Å². The molecule has 1 amide bonds. The number of hydrogen-bond acceptors (Lipinski definition) is 6. The summed E-state index contributed by atoms with van der Waals surface area (Å²) in [6, 6.07) is 11.1. The van der Waals surface area contributed by atoms with Crippen LogP contribution in [0.3, 0.4) is 0 Å². The highest BCUT2D eigenvalue weighted by Crippen LogP contribution is 2.32. The molecule has 0 bridgehead atoms. The summed E-state index contributed by atoms with van der Waals surface area (Å²) < 4.78 is 15.9. The first kappa shape index (κ1) is 16.6. The van der Waals surface area contributed by atoms with Gasteiger partial charge in [-0.3, -0.25) is 14.9 Å². The van der Waals surface area contributed by atoms with Crippen molar-refractivity contribution in [3.8, 4) is 17.2 Å². The molecule has 1 aliphatic heterocycles. The van der Waals surface area contributed by atoms with E-state index in [1.165, 1.54) is 29.2 Å². The Morgan fingerprint density at radius 2 is 1.92 bits per heavy atom. The van der Waals surface area contributed by atoms with E-state index in [1.807, 2.05) is 18.2 Å². The molecule has 0 N–H and O–H groups in total. The number of nitro benzene ring substituents is 1. The number of ether oxygens (including phenoxy) is 3. The first-order valence-corrected chi connectivity index (χ1v) is 7.52. The van der Waals surface area contributed by atoms with Gasteiger partial charge in [0.2, 0.25) is 6.79 Å². The van der Waals surface area contributed by atoms with E-state index >= 15 is 0 Å². The van der Waals surface area contributed by atoms with Crippen LogP contribution in [0.15, 0.2) is 42.5 Å². The quantitative estimate of drug-likeness (QED) is 0.590. The molecule has 0 aliphatic carbocycles. The summed E-state index contributed by atoms with van der Waals surface area (Å²) in [4.78, 5) is 23.8. The van der Waals surface area contributed by atoms with E-state index < -0.39 is 4.92 Å². The van der Waals surface area contributed by atoms with Gasteiger partial charge in [0.15, 0.2) is 18.1 Å². The topological polar surface area (TPSA) is 91.1 Å². The summed E-state index contributed by atoms with van der Waals surface area (Å²) in [5, 5.41) is 10.6. The Balaban J connectivity index is 1.53. The minimum absolute atomic E-state index is 0.0291. The van der Waals surface area contributed by atoms with Crippen molar-refractivity contribution < 1.29 is 23.9 Å². The Bertz CT molecular complexity index is 790. The molecule has 2 aromatic carbocycles. The molecule has 0 unspecified atom stereocenters. The number of nitro groups is 1. The van der Waals surface area contributed by atoms with Crippen molar-refractivity contribution in [1.29, 1.82) is 0 Å². The normalized spacial score (nSPS) is 11.9. The molecule has 8 heteroatoms. The summed E-state index contributed by atoms with van der Waals surface area (Å²) in [5.41, 5.74) is 0.883. The fourth-order valence-corrected chi connectivity index (χ4v) is 2.32. The molecule has 1 heterocycles. The zero-order valence-electron chi connectivity index (χ0n) is 13.5. The van der Waals surface area contributed by atoms with E-state index in [2.05, 4.69) is 0 Å². The third-order valence-corrected chi connectivity index (χ3v) is 3.69. The number of carbonyl (C=O) groups is 1. The van der Waals surface area contributed by atoms with Crippen molar-refractivity contribution in [2.75, 3.05) is 20.4 Å². The lowest BCUT2D eigenvalue weighted by molar-refractivity contribution is -0.384. The van der Waals surface area contributed by atoms with Gasteiger partial charge in [-0.25, -0.2) is 0 Å². The molecule has 0 atom stereocenters. The van der Waals surface area contributed by atoms with E-state index in [0.29, 0.717) is 23.8 Å². The first-order valence-electron chi connectivity index (χ1n) is 7.52. The Kier molecular flexibility index (Phi) is 4.69. The van der Waals surface area contributed by atoms with Crippen LogP contribution in [0.5, 0.6) is 17.2 Å². The molecule has 0 saturated heterocycles. The molecule has 1 aliphatic rings. The third kappa shape index (κ3) is 3.97. The van der Waals surface area contributed by atoms with E-state index in [1.54, 1.807) is 7.05 Å². The zero-order valence-corrected chi connectivity index (χ0v) is 13.5. The summed E-state index contributed by atoms with van der Waals surface area (Å²) in [6.07, 6.45) is 0. The Morgan fingerprint density at radius 3 is 2.64 bits per heavy atom. The lowest BCUT2D eigenvalue weighted by atomic mass is 10.2. The molecule has 2 aromatic rings. The highest BCUT2D eigenvalue weighted by atomic mass is 16.7. The number of carbonyl (C=O) groups excluding carboxylic acids is 1. The van der Waals surface area contributed by atoms with Gasteiger partial charge in [-0.2, -0.15) is 0 Å². The standard InChI is InChI=1S/C17H16N2O6/c1-18(9-12-2-7-15-16(8-12)25-11-24-15)17(20)10-23-14-5-3-13(4-6-14)19(21)22/h2-8H,9-11H2,1H3. The van der Waals surface area contributed by atoms with Crippen molar-refractivity contribution in [2.45, 2.75) is 6.54 Å². The second-order valence-electron chi connectivity index (χ2n) is 5.48. The number of nitrogens with zero attached hydrogens (tertiary/aromatic N) is 2. The molecule has 0 aromatic heterocycles. The van der Waals surface area contributed by atoms with Gasteiger partial charge in [-0.15, -0.1) is 0 Å². The molecule has 0 fully saturated rings. The number of likely N-dealkylation sites (N-methyl/N-ethyl adjacent to an activating group) is 1. The van der Waals surface area contributed by atoms with E-state index in [-0.39, 0.29) is 25.0 Å². The number of rotatable bonds is 6. The summed E-state index contributed by atoms with van der Waals surface area (Å²) in [5.74, 6) is 1.55. The highest BCUT2D eigenvalue weighted by Gasteiger charge is 2.16. The van der Waals surface area contributed by atoms with E-state index in [4.69, 9.17) is 14.2 Å². The summed E-state index contributed by atoms with van der Waals surface area (Å²) >= 11 is 0. The molecular weight excluding hydrogens is 328 g/mol. The number of fused-ring (bicyclic) bond motifs is 1. The zero-order chi connectivity index (χ0) is 17.8. The van der Waals surface area contributed by atoms with Crippen LogP contribution < -0.4 is 14.2 Å². The average molecular weight is 344 g/mol. The fourth-order valence-electron chi connectivity index (χ4n) is 2.32. The summed E-state index contributed by atoms with van der Waals surface area (Å²) in [6.45, 7) is 0.453.